The molecular formula is C41H36N4O6S2. The van der Waals surface area contributed by atoms with Gasteiger partial charge in [-0.05, 0) is 59.5 Å². The molecular weight excluding hydrogens is 709 g/mol. The third kappa shape index (κ3) is 9.09. The smallest absolute Gasteiger partial charge is 0.341 e. The number of thiophene rings is 1. The molecule has 0 saturated heterocycles. The molecule has 0 radical (unpaired) electrons. The molecule has 1 atom stereocenters. The van der Waals surface area contributed by atoms with Gasteiger partial charge in [0.1, 0.15) is 15.9 Å². The van der Waals surface area contributed by atoms with Crippen LogP contribution in [-0.2, 0) is 32.1 Å². The highest BCUT2D eigenvalue weighted by atomic mass is 32.2. The van der Waals surface area contributed by atoms with Crippen LogP contribution in [0.1, 0.15) is 54.5 Å². The number of hydrogen-bond donors (Lipinski definition) is 3. The van der Waals surface area contributed by atoms with Crippen molar-refractivity contribution in [1.82, 2.24) is 10.2 Å². The molecule has 0 saturated carbocycles. The fourth-order valence-electron chi connectivity index (χ4n) is 5.80. The van der Waals surface area contributed by atoms with Crippen LogP contribution in [0.4, 0.5) is 10.7 Å². The largest absolute Gasteiger partial charge is 0.465 e. The van der Waals surface area contributed by atoms with Crippen LogP contribution in [0.25, 0.3) is 6.08 Å². The molecule has 0 spiro atoms. The highest BCUT2D eigenvalue weighted by Crippen LogP contribution is 2.41. The van der Waals surface area contributed by atoms with E-state index >= 15 is 0 Å². The highest BCUT2D eigenvalue weighted by molar-refractivity contribution is 8.00. The number of anilines is 2. The van der Waals surface area contributed by atoms with Crippen molar-refractivity contribution in [2.24, 2.45) is 0 Å². The number of amides is 4. The van der Waals surface area contributed by atoms with Crippen molar-refractivity contribution < 1.29 is 28.7 Å². The minimum atomic E-state index is -0.751. The van der Waals surface area contributed by atoms with Gasteiger partial charge >= 0.3 is 5.97 Å². The van der Waals surface area contributed by atoms with Crippen LogP contribution >= 0.6 is 23.1 Å². The van der Waals surface area contributed by atoms with Crippen LogP contribution in [0.5, 0.6) is 0 Å². The molecule has 1 aliphatic heterocycles. The van der Waals surface area contributed by atoms with Crippen LogP contribution in [-0.4, -0.2) is 48.2 Å². The number of nitrogens with one attached hydrogen (secondary N) is 3. The number of fused-ring (bicyclic) bond motifs is 1. The lowest BCUT2D eigenvalue weighted by molar-refractivity contribution is -0.129. The SMILES string of the molecule is COC(=O)c1c(NC(=O)C(Sc2cccc(NC(=O)/C(=C/c3ccccc3)NC(=O)c3ccccc3)c2)c2ccccc2)sc2c1CCN(C(C)=O)C2. The Hall–Kier alpha value is -5.98. The number of methoxy groups -OCH3 is 1. The van der Waals surface area contributed by atoms with E-state index in [2.05, 4.69) is 16.0 Å². The highest BCUT2D eigenvalue weighted by Gasteiger charge is 2.32. The first-order valence-electron chi connectivity index (χ1n) is 16.8. The Morgan fingerprint density at radius 2 is 1.53 bits per heavy atom. The summed E-state index contributed by atoms with van der Waals surface area (Å²) in [5.41, 5.74) is 3.45. The molecule has 53 heavy (non-hydrogen) atoms. The molecule has 4 amide bonds. The van der Waals surface area contributed by atoms with Crippen molar-refractivity contribution in [3.8, 4) is 0 Å². The van der Waals surface area contributed by atoms with Gasteiger partial charge in [0.15, 0.2) is 0 Å². The Bertz CT molecular complexity index is 2170. The first-order chi connectivity index (χ1) is 25.7. The molecule has 268 valence electrons. The molecule has 5 aromatic rings. The Kier molecular flexibility index (Phi) is 11.8. The number of benzene rings is 4. The number of thioether (sulfide) groups is 1. The van der Waals surface area contributed by atoms with E-state index in [1.165, 1.54) is 37.1 Å². The number of hydrogen-bond acceptors (Lipinski definition) is 8. The van der Waals surface area contributed by atoms with Gasteiger partial charge < -0.3 is 25.6 Å². The van der Waals surface area contributed by atoms with Crippen LogP contribution in [0.3, 0.4) is 0 Å². The minimum absolute atomic E-state index is 0.0520. The van der Waals surface area contributed by atoms with Crippen molar-refractivity contribution in [2.75, 3.05) is 24.3 Å². The predicted octanol–water partition coefficient (Wildman–Crippen LogP) is 7.32. The third-order valence-corrected chi connectivity index (χ3v) is 10.8. The van der Waals surface area contributed by atoms with Gasteiger partial charge in [0, 0.05) is 34.5 Å². The fourth-order valence-corrected chi connectivity index (χ4v) is 8.13. The summed E-state index contributed by atoms with van der Waals surface area (Å²) in [5, 5.41) is 8.26. The monoisotopic (exact) mass is 744 g/mol. The minimum Gasteiger partial charge on any atom is -0.465 e. The van der Waals surface area contributed by atoms with Crippen LogP contribution in [0.2, 0.25) is 0 Å². The van der Waals surface area contributed by atoms with Crippen LogP contribution in [0, 0.1) is 0 Å². The number of rotatable bonds is 11. The van der Waals surface area contributed by atoms with Crippen LogP contribution < -0.4 is 16.0 Å². The Morgan fingerprint density at radius 1 is 0.849 bits per heavy atom. The molecule has 2 heterocycles. The number of esters is 1. The van der Waals surface area contributed by atoms with E-state index in [1.807, 2.05) is 66.7 Å². The van der Waals surface area contributed by atoms with Crippen molar-refractivity contribution in [2.45, 2.75) is 30.0 Å². The molecule has 0 aliphatic carbocycles. The summed E-state index contributed by atoms with van der Waals surface area (Å²) in [6.45, 7) is 2.33. The lowest BCUT2D eigenvalue weighted by Crippen LogP contribution is -2.33. The summed E-state index contributed by atoms with van der Waals surface area (Å²) in [5.74, 6) is -1.93. The van der Waals surface area contributed by atoms with E-state index in [-0.39, 0.29) is 17.5 Å². The summed E-state index contributed by atoms with van der Waals surface area (Å²) in [7, 11) is 1.30. The number of carbonyl (C=O) groups is 5. The summed E-state index contributed by atoms with van der Waals surface area (Å²) >= 11 is 2.55. The number of ether oxygens (including phenoxy) is 1. The lowest BCUT2D eigenvalue weighted by Gasteiger charge is -2.25. The van der Waals surface area contributed by atoms with E-state index in [9.17, 15) is 24.0 Å². The Balaban J connectivity index is 1.24. The summed E-state index contributed by atoms with van der Waals surface area (Å²) in [6, 6.07) is 34.2. The molecule has 0 fully saturated rings. The van der Waals surface area contributed by atoms with Crippen LogP contribution in [0.15, 0.2) is 126 Å². The Morgan fingerprint density at radius 3 is 2.21 bits per heavy atom. The second-order valence-corrected chi connectivity index (χ2v) is 14.3. The molecule has 1 unspecified atom stereocenters. The maximum Gasteiger partial charge on any atom is 0.341 e. The first kappa shape index (κ1) is 36.8. The standard InChI is InChI=1S/C41H36N4O6S2/c1-26(46)45-22-21-32-34(25-45)53-40(35(32)41(50)51-2)44-39(49)36(28-15-8-4-9-16-28)52-31-20-12-19-30(24-31)42-38(48)33(23-27-13-6-3-7-14-27)43-37(47)29-17-10-5-11-18-29/h3-20,23-24,36H,21-22,25H2,1-2H3,(H,42,48)(H,43,47)(H,44,49)/b33-23-. The van der Waals surface area contributed by atoms with Gasteiger partial charge in [-0.25, -0.2) is 4.79 Å². The molecule has 10 nitrogen and oxygen atoms in total. The van der Waals surface area contributed by atoms with Crippen molar-refractivity contribution in [3.05, 3.63) is 154 Å². The van der Waals surface area contributed by atoms with E-state index < -0.39 is 23.0 Å². The van der Waals surface area contributed by atoms with Gasteiger partial charge in [-0.15, -0.1) is 23.1 Å². The normalized spacial score (nSPS) is 12.9. The van der Waals surface area contributed by atoms with Crippen molar-refractivity contribution in [3.63, 3.8) is 0 Å². The van der Waals surface area contributed by atoms with E-state index in [0.29, 0.717) is 46.2 Å². The van der Waals surface area contributed by atoms with Gasteiger partial charge in [0.25, 0.3) is 11.8 Å². The quantitative estimate of drug-likeness (QED) is 0.0733. The zero-order valence-electron chi connectivity index (χ0n) is 29.0. The zero-order chi connectivity index (χ0) is 37.3. The maximum atomic E-state index is 14.2. The van der Waals surface area contributed by atoms with E-state index in [1.54, 1.807) is 59.5 Å². The number of nitrogens with zero attached hydrogens (tertiary/aromatic N) is 1. The second kappa shape index (κ2) is 17.0. The fraction of sp³-hybridized carbons (Fsp3) is 0.146. The van der Waals surface area contributed by atoms with E-state index in [4.69, 9.17) is 4.74 Å². The summed E-state index contributed by atoms with van der Waals surface area (Å²) in [4.78, 5) is 69.2. The lowest BCUT2D eigenvalue weighted by atomic mass is 10.0. The van der Waals surface area contributed by atoms with E-state index in [0.717, 1.165) is 21.6 Å². The zero-order valence-corrected chi connectivity index (χ0v) is 30.6. The molecule has 0 bridgehead atoms. The topological polar surface area (TPSA) is 134 Å². The Labute approximate surface area is 315 Å². The van der Waals surface area contributed by atoms with Gasteiger partial charge in [-0.3, -0.25) is 19.2 Å². The average molecular weight is 745 g/mol. The molecule has 3 N–H and O–H groups in total. The van der Waals surface area contributed by atoms with Gasteiger partial charge in [-0.2, -0.15) is 0 Å². The predicted molar refractivity (Wildman–Crippen MR) is 208 cm³/mol. The first-order valence-corrected chi connectivity index (χ1v) is 18.4. The van der Waals surface area contributed by atoms with Gasteiger partial charge in [0.05, 0.1) is 19.2 Å². The average Bonchev–Trinajstić information content (AvgIpc) is 3.54. The third-order valence-electron chi connectivity index (χ3n) is 8.45. The summed E-state index contributed by atoms with van der Waals surface area (Å²) in [6.07, 6.45) is 2.08. The summed E-state index contributed by atoms with van der Waals surface area (Å²) < 4.78 is 5.11. The second-order valence-electron chi connectivity index (χ2n) is 12.1. The van der Waals surface area contributed by atoms with Crippen molar-refractivity contribution >= 4 is 69.5 Å². The maximum absolute atomic E-state index is 14.2. The molecule has 6 rings (SSSR count). The molecule has 1 aromatic heterocycles. The molecule has 4 aromatic carbocycles. The molecule has 12 heteroatoms. The van der Waals surface area contributed by atoms with Crippen molar-refractivity contribution in [1.29, 1.82) is 0 Å². The molecule has 1 aliphatic rings. The van der Waals surface area contributed by atoms with Gasteiger partial charge in [-0.1, -0.05) is 84.9 Å². The number of carbonyl (C=O) groups excluding carboxylic acids is 5. The van der Waals surface area contributed by atoms with Gasteiger partial charge in [0.2, 0.25) is 11.8 Å².